The standard InChI is InChI=1S/C12H10O2.Y/c13-11-8-4-7-10(12(11)14)9-5-2-1-3-6-9;/h1-8,13-14H;. The molecule has 0 saturated carbocycles. The van der Waals surface area contributed by atoms with Crippen LogP contribution in [0.1, 0.15) is 0 Å². The Balaban J connectivity index is 0.00000112. The molecule has 15 heavy (non-hydrogen) atoms. The Labute approximate surface area is 113 Å². The monoisotopic (exact) mass is 275 g/mol. The van der Waals surface area contributed by atoms with Gasteiger partial charge in [0.1, 0.15) is 0 Å². The Kier molecular flexibility index (Phi) is 4.31. The summed E-state index contributed by atoms with van der Waals surface area (Å²) in [4.78, 5) is 0. The zero-order valence-corrected chi connectivity index (χ0v) is 10.9. The van der Waals surface area contributed by atoms with Crippen molar-refractivity contribution in [1.29, 1.82) is 0 Å². The number of phenolic OH excluding ortho intramolecular Hbond substituents is 2. The molecule has 0 bridgehead atoms. The molecule has 2 N–H and O–H groups in total. The van der Waals surface area contributed by atoms with Gasteiger partial charge in [-0.05, 0) is 11.6 Å². The van der Waals surface area contributed by atoms with Crippen molar-refractivity contribution in [2.24, 2.45) is 0 Å². The number of rotatable bonds is 1. The van der Waals surface area contributed by atoms with E-state index in [0.717, 1.165) is 5.56 Å². The first-order valence-corrected chi connectivity index (χ1v) is 4.35. The smallest absolute Gasteiger partial charge is 0.165 e. The summed E-state index contributed by atoms with van der Waals surface area (Å²) in [6.45, 7) is 0. The first-order chi connectivity index (χ1) is 6.79. The van der Waals surface area contributed by atoms with Crippen LogP contribution in [0.4, 0.5) is 0 Å². The molecule has 0 aromatic heterocycles. The fraction of sp³-hybridized carbons (Fsp3) is 0. The predicted octanol–water partition coefficient (Wildman–Crippen LogP) is 2.76. The zero-order valence-electron chi connectivity index (χ0n) is 8.09. The molecule has 2 aromatic carbocycles. The summed E-state index contributed by atoms with van der Waals surface area (Å²) in [6, 6.07) is 14.4. The van der Waals surface area contributed by atoms with Gasteiger partial charge in [-0.2, -0.15) is 0 Å². The van der Waals surface area contributed by atoms with Crippen molar-refractivity contribution in [2.45, 2.75) is 0 Å². The van der Waals surface area contributed by atoms with E-state index in [9.17, 15) is 10.2 Å². The van der Waals surface area contributed by atoms with E-state index in [0.29, 0.717) is 5.56 Å². The molecule has 0 heterocycles. The molecule has 0 spiro atoms. The van der Waals surface area contributed by atoms with Crippen LogP contribution in [0, 0.1) is 0 Å². The Hall–Kier alpha value is -0.856. The molecule has 1 radical (unpaired) electrons. The van der Waals surface area contributed by atoms with Gasteiger partial charge in [-0.1, -0.05) is 42.5 Å². The van der Waals surface area contributed by atoms with Crippen LogP contribution in [-0.2, 0) is 32.7 Å². The zero-order chi connectivity index (χ0) is 9.97. The minimum Gasteiger partial charge on any atom is -0.504 e. The molecule has 0 fully saturated rings. The first kappa shape index (κ1) is 12.2. The number of para-hydroxylation sites is 1. The summed E-state index contributed by atoms with van der Waals surface area (Å²) in [7, 11) is 0. The van der Waals surface area contributed by atoms with E-state index in [1.807, 2.05) is 30.3 Å². The minimum atomic E-state index is -0.0913. The van der Waals surface area contributed by atoms with Crippen molar-refractivity contribution in [1.82, 2.24) is 0 Å². The predicted molar refractivity (Wildman–Crippen MR) is 55.2 cm³/mol. The van der Waals surface area contributed by atoms with E-state index in [-0.39, 0.29) is 44.2 Å². The van der Waals surface area contributed by atoms with Gasteiger partial charge in [-0.15, -0.1) is 0 Å². The van der Waals surface area contributed by atoms with Gasteiger partial charge in [0.15, 0.2) is 11.5 Å². The molecule has 0 aliphatic rings. The molecule has 3 heteroatoms. The van der Waals surface area contributed by atoms with Crippen molar-refractivity contribution in [2.75, 3.05) is 0 Å². The van der Waals surface area contributed by atoms with Gasteiger partial charge in [-0.25, -0.2) is 0 Å². The van der Waals surface area contributed by atoms with E-state index in [2.05, 4.69) is 0 Å². The Bertz CT molecular complexity index is 441. The first-order valence-electron chi connectivity index (χ1n) is 4.35. The topological polar surface area (TPSA) is 40.5 Å². The van der Waals surface area contributed by atoms with Gasteiger partial charge in [0.05, 0.1) is 0 Å². The molecule has 0 atom stereocenters. The number of phenols is 2. The van der Waals surface area contributed by atoms with Crippen LogP contribution in [0.15, 0.2) is 48.5 Å². The molecule has 0 aliphatic carbocycles. The molecular formula is C12H10O2Y. The second-order valence-corrected chi connectivity index (χ2v) is 3.04. The van der Waals surface area contributed by atoms with E-state index >= 15 is 0 Å². The average molecular weight is 275 g/mol. The Morgan fingerprint density at radius 2 is 1.40 bits per heavy atom. The summed E-state index contributed by atoms with van der Waals surface area (Å²) < 4.78 is 0. The van der Waals surface area contributed by atoms with Gasteiger partial charge in [0, 0.05) is 38.3 Å². The summed E-state index contributed by atoms with van der Waals surface area (Å²) in [5, 5.41) is 18.9. The fourth-order valence-corrected chi connectivity index (χ4v) is 1.38. The van der Waals surface area contributed by atoms with Crippen molar-refractivity contribution >= 4 is 0 Å². The SMILES string of the molecule is Oc1cccc(-c2ccccc2)c1O.[Y]. The normalized spacial score (nSPS) is 9.33. The summed E-state index contributed by atoms with van der Waals surface area (Å²) in [5.41, 5.74) is 1.53. The van der Waals surface area contributed by atoms with Crippen LogP contribution >= 0.6 is 0 Å². The van der Waals surface area contributed by atoms with Gasteiger partial charge in [0.25, 0.3) is 0 Å². The largest absolute Gasteiger partial charge is 0.504 e. The van der Waals surface area contributed by atoms with E-state index in [1.165, 1.54) is 6.07 Å². The fourth-order valence-electron chi connectivity index (χ4n) is 1.38. The molecule has 73 valence electrons. The summed E-state index contributed by atoms with van der Waals surface area (Å²) >= 11 is 0. The average Bonchev–Trinajstić information content (AvgIpc) is 2.23. The quantitative estimate of drug-likeness (QED) is 0.786. The molecular weight excluding hydrogens is 265 g/mol. The number of benzene rings is 2. The van der Waals surface area contributed by atoms with Crippen molar-refractivity contribution in [3.8, 4) is 22.6 Å². The van der Waals surface area contributed by atoms with Crippen LogP contribution in [0.5, 0.6) is 11.5 Å². The van der Waals surface area contributed by atoms with E-state index in [1.54, 1.807) is 12.1 Å². The van der Waals surface area contributed by atoms with Crippen LogP contribution in [-0.4, -0.2) is 10.2 Å². The maximum atomic E-state index is 9.60. The second kappa shape index (κ2) is 5.29. The third-order valence-corrected chi connectivity index (χ3v) is 2.10. The van der Waals surface area contributed by atoms with Gasteiger partial charge >= 0.3 is 0 Å². The van der Waals surface area contributed by atoms with Crippen LogP contribution in [0.3, 0.4) is 0 Å². The van der Waals surface area contributed by atoms with Crippen molar-refractivity contribution in [3.05, 3.63) is 48.5 Å². The molecule has 0 unspecified atom stereocenters. The third kappa shape index (κ3) is 2.58. The van der Waals surface area contributed by atoms with Gasteiger partial charge in [-0.3, -0.25) is 0 Å². The summed E-state index contributed by atoms with van der Waals surface area (Å²) in [6.07, 6.45) is 0. The van der Waals surface area contributed by atoms with Gasteiger partial charge < -0.3 is 10.2 Å². The molecule has 0 aliphatic heterocycles. The number of aromatic hydroxyl groups is 2. The molecule has 2 rings (SSSR count). The van der Waals surface area contributed by atoms with Crippen LogP contribution in [0.2, 0.25) is 0 Å². The molecule has 0 amide bonds. The molecule has 2 aromatic rings. The molecule has 0 saturated heterocycles. The van der Waals surface area contributed by atoms with Crippen LogP contribution in [0.25, 0.3) is 11.1 Å². The third-order valence-electron chi connectivity index (χ3n) is 2.10. The number of hydrogen-bond acceptors (Lipinski definition) is 2. The number of hydrogen-bond donors (Lipinski definition) is 2. The maximum Gasteiger partial charge on any atom is 0.165 e. The Morgan fingerprint density at radius 1 is 0.733 bits per heavy atom. The van der Waals surface area contributed by atoms with Crippen molar-refractivity contribution in [3.63, 3.8) is 0 Å². The Morgan fingerprint density at radius 3 is 2.07 bits per heavy atom. The molecule has 2 nitrogen and oxygen atoms in total. The van der Waals surface area contributed by atoms with E-state index in [4.69, 9.17) is 0 Å². The van der Waals surface area contributed by atoms with E-state index < -0.39 is 0 Å². The van der Waals surface area contributed by atoms with Crippen molar-refractivity contribution < 1.29 is 42.9 Å². The van der Waals surface area contributed by atoms with Crippen LogP contribution < -0.4 is 0 Å². The maximum absolute atomic E-state index is 9.60. The summed E-state index contributed by atoms with van der Waals surface area (Å²) in [5.74, 6) is -0.162. The minimum absolute atomic E-state index is 0. The second-order valence-electron chi connectivity index (χ2n) is 3.04. The van der Waals surface area contributed by atoms with Gasteiger partial charge in [0.2, 0.25) is 0 Å².